The van der Waals surface area contributed by atoms with E-state index in [-0.39, 0.29) is 11.5 Å². The van der Waals surface area contributed by atoms with E-state index in [0.29, 0.717) is 12.0 Å². The summed E-state index contributed by atoms with van der Waals surface area (Å²) in [6, 6.07) is 5.02. The van der Waals surface area contributed by atoms with Gasteiger partial charge in [-0.3, -0.25) is 4.90 Å². The number of piperidine rings is 1. The van der Waals surface area contributed by atoms with Crippen molar-refractivity contribution in [2.45, 2.75) is 49.7 Å². The summed E-state index contributed by atoms with van der Waals surface area (Å²) in [7, 11) is 3.53. The second-order valence-corrected chi connectivity index (χ2v) is 8.78. The predicted molar refractivity (Wildman–Crippen MR) is 98.7 cm³/mol. The highest BCUT2D eigenvalue weighted by Crippen LogP contribution is 2.64. The number of ether oxygens (including phenoxy) is 3. The van der Waals surface area contributed by atoms with Gasteiger partial charge in [-0.1, -0.05) is 6.07 Å². The van der Waals surface area contributed by atoms with Gasteiger partial charge in [0, 0.05) is 23.6 Å². The van der Waals surface area contributed by atoms with E-state index >= 15 is 0 Å². The van der Waals surface area contributed by atoms with Gasteiger partial charge in [-0.05, 0) is 68.2 Å². The molecule has 2 fully saturated rings. The first-order chi connectivity index (χ1) is 12.8. The summed E-state index contributed by atoms with van der Waals surface area (Å²) in [5.74, 6) is 4.45. The number of methoxy groups -OCH3 is 2. The Morgan fingerprint density at radius 3 is 2.88 bits per heavy atom. The summed E-state index contributed by atoms with van der Waals surface area (Å²) in [4.78, 5) is 2.81. The van der Waals surface area contributed by atoms with E-state index < -0.39 is 0 Å². The lowest BCUT2D eigenvalue weighted by Gasteiger charge is -2.57. The van der Waals surface area contributed by atoms with Crippen LogP contribution in [0.3, 0.4) is 0 Å². The van der Waals surface area contributed by atoms with E-state index in [1.165, 1.54) is 43.5 Å². The Kier molecular flexibility index (Phi) is 3.07. The third-order valence-electron chi connectivity index (χ3n) is 7.69. The minimum atomic E-state index is 0.0159. The molecule has 0 radical (unpaired) electrons. The second kappa shape index (κ2) is 5.19. The van der Waals surface area contributed by atoms with E-state index in [1.54, 1.807) is 14.2 Å². The lowest BCUT2D eigenvalue weighted by molar-refractivity contribution is -0.0376. The molecule has 4 atom stereocenters. The molecule has 3 aliphatic carbocycles. The van der Waals surface area contributed by atoms with Gasteiger partial charge >= 0.3 is 0 Å². The fourth-order valence-corrected chi connectivity index (χ4v) is 6.41. The molecule has 0 aromatic heterocycles. The van der Waals surface area contributed by atoms with Crippen LogP contribution in [0.4, 0.5) is 0 Å². The summed E-state index contributed by atoms with van der Waals surface area (Å²) in [6.07, 6.45) is 8.58. The molecule has 2 bridgehead atoms. The lowest BCUT2D eigenvalue weighted by atomic mass is 9.53. The highest BCUT2D eigenvalue weighted by molar-refractivity contribution is 5.62. The first-order valence-electron chi connectivity index (χ1n) is 10.1. The van der Waals surface area contributed by atoms with Crippen molar-refractivity contribution in [1.82, 2.24) is 4.90 Å². The van der Waals surface area contributed by atoms with Crippen molar-refractivity contribution in [3.8, 4) is 11.5 Å². The zero-order valence-corrected chi connectivity index (χ0v) is 15.7. The van der Waals surface area contributed by atoms with Gasteiger partial charge < -0.3 is 14.2 Å². The smallest absolute Gasteiger partial charge is 0.166 e. The molecule has 1 aromatic rings. The maximum absolute atomic E-state index is 6.60. The SMILES string of the molecule is COC1=CCC2C3Cc4ccc(OC)c5c4[C@]2(CCN3CC2CC2)C1O5. The molecular weight excluding hydrogens is 326 g/mol. The maximum atomic E-state index is 6.60. The molecule has 5 aliphatic rings. The summed E-state index contributed by atoms with van der Waals surface area (Å²) in [6.45, 7) is 2.48. The third-order valence-corrected chi connectivity index (χ3v) is 7.69. The van der Waals surface area contributed by atoms with E-state index in [9.17, 15) is 0 Å². The van der Waals surface area contributed by atoms with Gasteiger partial charge in [0.05, 0.1) is 14.2 Å². The van der Waals surface area contributed by atoms with Crippen LogP contribution in [0.25, 0.3) is 0 Å². The molecular formula is C22H27NO3. The molecule has 2 heterocycles. The molecule has 1 saturated carbocycles. The van der Waals surface area contributed by atoms with Gasteiger partial charge in [-0.15, -0.1) is 0 Å². The maximum Gasteiger partial charge on any atom is 0.166 e. The number of benzene rings is 1. The summed E-state index contributed by atoms with van der Waals surface area (Å²) in [5.41, 5.74) is 2.99. The van der Waals surface area contributed by atoms with Gasteiger partial charge in [0.2, 0.25) is 0 Å². The number of likely N-dealkylation sites (tertiary alicyclic amines) is 1. The Labute approximate surface area is 155 Å². The summed E-state index contributed by atoms with van der Waals surface area (Å²) in [5, 5.41) is 0. The van der Waals surface area contributed by atoms with Gasteiger partial charge in [-0.2, -0.15) is 0 Å². The predicted octanol–water partition coefficient (Wildman–Crippen LogP) is 3.28. The standard InChI is InChI=1S/C22H27NO3/c1-24-17-7-5-14-11-16-15-6-8-18(25-2)21-22(15,19(14)20(17)26-21)9-10-23(16)12-13-3-4-13/h5,7-8,13,15-16,21H,3-4,6,9-12H2,1-2H3/t15?,16?,21?,22-/m1/s1. The van der Waals surface area contributed by atoms with E-state index in [4.69, 9.17) is 14.2 Å². The van der Waals surface area contributed by atoms with Crippen molar-refractivity contribution >= 4 is 0 Å². The van der Waals surface area contributed by atoms with Crippen molar-refractivity contribution in [1.29, 1.82) is 0 Å². The van der Waals surface area contributed by atoms with Gasteiger partial charge in [0.25, 0.3) is 0 Å². The van der Waals surface area contributed by atoms with Crippen LogP contribution in [0.15, 0.2) is 24.0 Å². The molecule has 2 aliphatic heterocycles. The number of nitrogens with zero attached hydrogens (tertiary/aromatic N) is 1. The van der Waals surface area contributed by atoms with Crippen molar-refractivity contribution in [3.63, 3.8) is 0 Å². The topological polar surface area (TPSA) is 30.9 Å². The van der Waals surface area contributed by atoms with Gasteiger partial charge in [0.1, 0.15) is 5.76 Å². The number of hydrogen-bond acceptors (Lipinski definition) is 4. The van der Waals surface area contributed by atoms with Crippen molar-refractivity contribution < 1.29 is 14.2 Å². The van der Waals surface area contributed by atoms with Crippen LogP contribution in [-0.4, -0.2) is 44.4 Å². The fourth-order valence-electron chi connectivity index (χ4n) is 6.41. The van der Waals surface area contributed by atoms with Gasteiger partial charge in [0.15, 0.2) is 17.6 Å². The molecule has 0 N–H and O–H groups in total. The van der Waals surface area contributed by atoms with Crippen LogP contribution in [0.2, 0.25) is 0 Å². The minimum Gasteiger partial charge on any atom is -0.497 e. The van der Waals surface area contributed by atoms with E-state index in [0.717, 1.165) is 36.0 Å². The number of rotatable bonds is 4. The average Bonchev–Trinajstić information content (AvgIpc) is 3.41. The first-order valence-corrected chi connectivity index (χ1v) is 10.1. The van der Waals surface area contributed by atoms with Crippen LogP contribution in [0.1, 0.15) is 36.8 Å². The quantitative estimate of drug-likeness (QED) is 0.831. The monoisotopic (exact) mass is 353 g/mol. The first kappa shape index (κ1) is 15.4. The Morgan fingerprint density at radius 1 is 1.23 bits per heavy atom. The minimum absolute atomic E-state index is 0.0159. The van der Waals surface area contributed by atoms with Crippen LogP contribution in [0.5, 0.6) is 11.5 Å². The van der Waals surface area contributed by atoms with Gasteiger partial charge in [-0.25, -0.2) is 0 Å². The molecule has 0 amide bonds. The summed E-state index contributed by atoms with van der Waals surface area (Å²) < 4.78 is 18.1. The highest BCUT2D eigenvalue weighted by atomic mass is 16.6. The lowest BCUT2D eigenvalue weighted by Crippen LogP contribution is -2.64. The fraction of sp³-hybridized carbons (Fsp3) is 0.636. The Hall–Kier alpha value is -1.68. The molecule has 138 valence electrons. The molecule has 1 saturated heterocycles. The molecule has 1 aromatic carbocycles. The number of hydrogen-bond donors (Lipinski definition) is 0. The van der Waals surface area contributed by atoms with Crippen LogP contribution >= 0.6 is 0 Å². The van der Waals surface area contributed by atoms with Crippen LogP contribution in [-0.2, 0) is 16.6 Å². The second-order valence-electron chi connectivity index (χ2n) is 8.78. The molecule has 6 rings (SSSR count). The van der Waals surface area contributed by atoms with E-state index in [2.05, 4.69) is 23.1 Å². The Bertz CT molecular complexity index is 799. The molecule has 26 heavy (non-hydrogen) atoms. The largest absolute Gasteiger partial charge is 0.497 e. The zero-order valence-electron chi connectivity index (χ0n) is 15.7. The molecule has 4 heteroatoms. The van der Waals surface area contributed by atoms with Crippen molar-refractivity contribution in [2.75, 3.05) is 27.3 Å². The molecule has 1 spiro atoms. The normalized spacial score (nSPS) is 36.8. The Morgan fingerprint density at radius 2 is 2.12 bits per heavy atom. The highest BCUT2D eigenvalue weighted by Gasteiger charge is 2.65. The van der Waals surface area contributed by atoms with Crippen LogP contribution < -0.4 is 9.47 Å². The van der Waals surface area contributed by atoms with Crippen molar-refractivity contribution in [3.05, 3.63) is 35.1 Å². The molecule has 3 unspecified atom stereocenters. The number of allylic oxidation sites excluding steroid dienone is 1. The van der Waals surface area contributed by atoms with E-state index in [1.807, 2.05) is 0 Å². The Balaban J connectivity index is 1.53. The average molecular weight is 353 g/mol. The van der Waals surface area contributed by atoms with Crippen molar-refractivity contribution in [2.24, 2.45) is 11.8 Å². The summed E-state index contributed by atoms with van der Waals surface area (Å²) >= 11 is 0. The zero-order chi connectivity index (χ0) is 17.5. The van der Waals surface area contributed by atoms with Crippen LogP contribution in [0, 0.1) is 11.8 Å². The third kappa shape index (κ3) is 1.79. The molecule has 4 nitrogen and oxygen atoms in total.